The molecule has 0 aliphatic rings. The van der Waals surface area contributed by atoms with E-state index in [0.717, 1.165) is 4.31 Å². The van der Waals surface area contributed by atoms with Gasteiger partial charge in [-0.05, 0) is 5.92 Å². The summed E-state index contributed by atoms with van der Waals surface area (Å²) in [6.45, 7) is 5.42. The van der Waals surface area contributed by atoms with Crippen molar-refractivity contribution in [3.8, 4) is 0 Å². The average molecular weight is 237 g/mol. The van der Waals surface area contributed by atoms with E-state index < -0.39 is 16.0 Å². The van der Waals surface area contributed by atoms with Gasteiger partial charge in [-0.1, -0.05) is 20.8 Å². The van der Waals surface area contributed by atoms with Crippen LogP contribution in [0.3, 0.4) is 0 Å². The van der Waals surface area contributed by atoms with Crippen molar-refractivity contribution in [3.63, 3.8) is 0 Å². The van der Waals surface area contributed by atoms with Crippen molar-refractivity contribution in [3.05, 3.63) is 0 Å². The van der Waals surface area contributed by atoms with Gasteiger partial charge in [0.2, 0.25) is 10.0 Å². The molecule has 0 saturated heterocycles. The Hall–Kier alpha value is -0.620. The number of esters is 1. The molecule has 0 aromatic heterocycles. The molecule has 0 rings (SSSR count). The molecule has 0 N–H and O–H groups in total. The van der Waals surface area contributed by atoms with Crippen LogP contribution in [-0.2, 0) is 19.6 Å². The molecule has 0 spiro atoms. The number of ether oxygens (including phenoxy) is 1. The molecule has 0 aliphatic carbocycles. The summed E-state index contributed by atoms with van der Waals surface area (Å²) < 4.78 is 29.1. The summed E-state index contributed by atoms with van der Waals surface area (Å²) in [6.07, 6.45) is 0. The minimum Gasteiger partial charge on any atom is -0.468 e. The molecular formula is C9H19NO4S. The first-order valence-electron chi connectivity index (χ1n) is 4.88. The van der Waals surface area contributed by atoms with Gasteiger partial charge in [0.05, 0.1) is 12.9 Å². The minimum atomic E-state index is -3.34. The van der Waals surface area contributed by atoms with Gasteiger partial charge in [-0.2, -0.15) is 4.31 Å². The van der Waals surface area contributed by atoms with Crippen LogP contribution in [0, 0.1) is 5.92 Å². The van der Waals surface area contributed by atoms with E-state index in [9.17, 15) is 13.2 Å². The number of methoxy groups -OCH3 is 1. The molecule has 0 heterocycles. The fourth-order valence-corrected chi connectivity index (χ4v) is 2.89. The van der Waals surface area contributed by atoms with Crippen LogP contribution in [0.1, 0.15) is 20.8 Å². The van der Waals surface area contributed by atoms with Crippen molar-refractivity contribution in [2.75, 3.05) is 26.0 Å². The fourth-order valence-electron chi connectivity index (χ4n) is 1.14. The van der Waals surface area contributed by atoms with Crippen LogP contribution in [0.2, 0.25) is 0 Å². The Kier molecular flexibility index (Phi) is 5.82. The quantitative estimate of drug-likeness (QED) is 0.630. The lowest BCUT2D eigenvalue weighted by atomic mass is 10.3. The summed E-state index contributed by atoms with van der Waals surface area (Å²) >= 11 is 0. The normalized spacial score (nSPS) is 12.1. The lowest BCUT2D eigenvalue weighted by Gasteiger charge is -2.20. The third-order valence-electron chi connectivity index (χ3n) is 1.82. The van der Waals surface area contributed by atoms with E-state index >= 15 is 0 Å². The van der Waals surface area contributed by atoms with Crippen LogP contribution < -0.4 is 0 Å². The third-order valence-corrected chi connectivity index (χ3v) is 4.09. The van der Waals surface area contributed by atoms with Crippen molar-refractivity contribution >= 4 is 16.0 Å². The van der Waals surface area contributed by atoms with Crippen LogP contribution >= 0.6 is 0 Å². The second-order valence-electron chi connectivity index (χ2n) is 3.67. The molecule has 0 radical (unpaired) electrons. The van der Waals surface area contributed by atoms with Crippen LogP contribution in [0.4, 0.5) is 0 Å². The van der Waals surface area contributed by atoms with Gasteiger partial charge < -0.3 is 4.74 Å². The number of hydrogen-bond donors (Lipinski definition) is 0. The number of sulfonamides is 1. The first-order chi connectivity index (χ1) is 6.83. The van der Waals surface area contributed by atoms with E-state index in [1.807, 2.05) is 13.8 Å². The maximum absolute atomic E-state index is 11.7. The number of likely N-dealkylation sites (N-methyl/N-ethyl adjacent to an activating group) is 1. The van der Waals surface area contributed by atoms with Crippen molar-refractivity contribution in [2.45, 2.75) is 20.8 Å². The molecule has 0 bridgehead atoms. The summed E-state index contributed by atoms with van der Waals surface area (Å²) in [6, 6.07) is 0. The number of nitrogens with zero attached hydrogens (tertiary/aromatic N) is 1. The van der Waals surface area contributed by atoms with Gasteiger partial charge in [0.1, 0.15) is 6.54 Å². The van der Waals surface area contributed by atoms with Gasteiger partial charge in [0.25, 0.3) is 0 Å². The third kappa shape index (κ3) is 5.13. The second kappa shape index (κ2) is 6.07. The van der Waals surface area contributed by atoms with Gasteiger partial charge in [0, 0.05) is 6.54 Å². The van der Waals surface area contributed by atoms with Crippen LogP contribution in [-0.4, -0.2) is 44.6 Å². The SMILES string of the molecule is CCN(CC(=O)OC)S(=O)(=O)CC(C)C. The molecule has 5 nitrogen and oxygen atoms in total. The van der Waals surface area contributed by atoms with E-state index in [2.05, 4.69) is 4.74 Å². The van der Waals surface area contributed by atoms with Crippen LogP contribution in [0.25, 0.3) is 0 Å². The van der Waals surface area contributed by atoms with Crippen molar-refractivity contribution in [1.29, 1.82) is 0 Å². The first-order valence-corrected chi connectivity index (χ1v) is 6.49. The maximum atomic E-state index is 11.7. The van der Waals surface area contributed by atoms with Crippen molar-refractivity contribution in [2.24, 2.45) is 5.92 Å². The van der Waals surface area contributed by atoms with Crippen LogP contribution in [0.5, 0.6) is 0 Å². The Morgan fingerprint density at radius 3 is 2.27 bits per heavy atom. The fraction of sp³-hybridized carbons (Fsp3) is 0.889. The topological polar surface area (TPSA) is 63.7 Å². The predicted molar refractivity (Wildman–Crippen MR) is 57.9 cm³/mol. The molecule has 15 heavy (non-hydrogen) atoms. The smallest absolute Gasteiger partial charge is 0.321 e. The predicted octanol–water partition coefficient (Wildman–Crippen LogP) is 0.467. The highest BCUT2D eigenvalue weighted by molar-refractivity contribution is 7.89. The summed E-state index contributed by atoms with van der Waals surface area (Å²) in [5, 5.41) is 0. The highest BCUT2D eigenvalue weighted by Crippen LogP contribution is 2.06. The standard InChI is InChI=1S/C9H19NO4S/c1-5-10(6-9(11)14-4)15(12,13)7-8(2)3/h8H,5-7H2,1-4H3. The van der Waals surface area contributed by atoms with E-state index in [1.54, 1.807) is 6.92 Å². The first kappa shape index (κ1) is 14.4. The number of carbonyl (C=O) groups excluding carboxylic acids is 1. The summed E-state index contributed by atoms with van der Waals surface area (Å²) in [5.74, 6) is -0.441. The van der Waals surface area contributed by atoms with E-state index in [0.29, 0.717) is 0 Å². The molecule has 0 fully saturated rings. The number of carbonyl (C=O) groups is 1. The Morgan fingerprint density at radius 2 is 1.93 bits per heavy atom. The van der Waals surface area contributed by atoms with Gasteiger partial charge in [-0.25, -0.2) is 8.42 Å². The second-order valence-corrected chi connectivity index (χ2v) is 5.69. The lowest BCUT2D eigenvalue weighted by molar-refractivity contribution is -0.140. The number of rotatable bonds is 6. The molecule has 0 aromatic carbocycles. The van der Waals surface area contributed by atoms with Gasteiger partial charge in [0.15, 0.2) is 0 Å². The minimum absolute atomic E-state index is 0.0432. The molecule has 0 saturated carbocycles. The summed E-state index contributed by atoms with van der Waals surface area (Å²) in [4.78, 5) is 11.0. The molecule has 0 unspecified atom stereocenters. The highest BCUT2D eigenvalue weighted by atomic mass is 32.2. The molecule has 0 aromatic rings. The largest absolute Gasteiger partial charge is 0.468 e. The molecule has 0 atom stereocenters. The van der Waals surface area contributed by atoms with Gasteiger partial charge in [-0.15, -0.1) is 0 Å². The van der Waals surface area contributed by atoms with Gasteiger partial charge in [-0.3, -0.25) is 4.79 Å². The Morgan fingerprint density at radius 1 is 1.40 bits per heavy atom. The molecular weight excluding hydrogens is 218 g/mol. The van der Waals surface area contributed by atoms with E-state index in [1.165, 1.54) is 7.11 Å². The highest BCUT2D eigenvalue weighted by Gasteiger charge is 2.24. The Bertz CT molecular complexity index is 297. The molecule has 0 aliphatic heterocycles. The van der Waals surface area contributed by atoms with Gasteiger partial charge >= 0.3 is 5.97 Å². The van der Waals surface area contributed by atoms with Crippen LogP contribution in [0.15, 0.2) is 0 Å². The summed E-state index contributed by atoms with van der Waals surface area (Å²) in [5.41, 5.74) is 0. The zero-order valence-electron chi connectivity index (χ0n) is 9.69. The van der Waals surface area contributed by atoms with E-state index in [-0.39, 0.29) is 24.8 Å². The average Bonchev–Trinajstić information content (AvgIpc) is 2.11. The zero-order chi connectivity index (χ0) is 12.1. The Balaban J connectivity index is 4.59. The Labute approximate surface area is 91.5 Å². The van der Waals surface area contributed by atoms with Crippen molar-refractivity contribution in [1.82, 2.24) is 4.31 Å². The van der Waals surface area contributed by atoms with E-state index in [4.69, 9.17) is 0 Å². The van der Waals surface area contributed by atoms with Crippen molar-refractivity contribution < 1.29 is 17.9 Å². The number of hydrogen-bond acceptors (Lipinski definition) is 4. The monoisotopic (exact) mass is 237 g/mol. The molecule has 90 valence electrons. The lowest BCUT2D eigenvalue weighted by Crippen LogP contribution is -2.38. The zero-order valence-corrected chi connectivity index (χ0v) is 10.5. The molecule has 0 amide bonds. The maximum Gasteiger partial charge on any atom is 0.321 e. The summed E-state index contributed by atoms with van der Waals surface area (Å²) in [7, 11) is -2.10. The molecule has 6 heteroatoms.